The van der Waals surface area contributed by atoms with E-state index in [0.717, 1.165) is 19.1 Å². The van der Waals surface area contributed by atoms with Crippen LogP contribution in [0.1, 0.15) is 45.4 Å². The van der Waals surface area contributed by atoms with E-state index >= 15 is 0 Å². The molecule has 0 aromatic heterocycles. The van der Waals surface area contributed by atoms with Crippen LogP contribution in [0.5, 0.6) is 0 Å². The van der Waals surface area contributed by atoms with Crippen LogP contribution >= 0.6 is 0 Å². The summed E-state index contributed by atoms with van der Waals surface area (Å²) in [6.07, 6.45) is 7.95. The summed E-state index contributed by atoms with van der Waals surface area (Å²) in [5.74, 6) is 1.62. The molecule has 0 amide bonds. The molecule has 1 saturated carbocycles. The Morgan fingerprint density at radius 2 is 2.17 bits per heavy atom. The predicted octanol–water partition coefficient (Wildman–Crippen LogP) is 2.25. The fraction of sp³-hybridized carbons (Fsp3) is 1.00. The summed E-state index contributed by atoms with van der Waals surface area (Å²) in [5.41, 5.74) is 6.48. The summed E-state index contributed by atoms with van der Waals surface area (Å²) in [7, 11) is 1.82. The van der Waals surface area contributed by atoms with E-state index in [4.69, 9.17) is 10.5 Å². The molecular weight excluding hydrogens is 224 g/mol. The number of ether oxygens (including phenoxy) is 1. The molecule has 0 radical (unpaired) electrons. The number of rotatable bonds is 5. The standard InChI is InChI=1S/C15H30N2O/c1-3-13-6-7-15(9-13,12-16)17-8-4-5-14(10-17)11-18-2/h13-14H,3-12,16H2,1-2H3. The van der Waals surface area contributed by atoms with Gasteiger partial charge in [0, 0.05) is 25.7 Å². The van der Waals surface area contributed by atoms with Gasteiger partial charge in [-0.05, 0) is 50.5 Å². The third-order valence-electron chi connectivity index (χ3n) is 5.24. The zero-order valence-electron chi connectivity index (χ0n) is 12.2. The van der Waals surface area contributed by atoms with E-state index in [-0.39, 0.29) is 0 Å². The molecule has 2 fully saturated rings. The summed E-state index contributed by atoms with van der Waals surface area (Å²) in [5, 5.41) is 0. The van der Waals surface area contributed by atoms with Crippen molar-refractivity contribution < 1.29 is 4.74 Å². The van der Waals surface area contributed by atoms with Crippen LogP contribution in [0.15, 0.2) is 0 Å². The van der Waals surface area contributed by atoms with Gasteiger partial charge in [0.1, 0.15) is 0 Å². The van der Waals surface area contributed by atoms with Crippen molar-refractivity contribution in [3.05, 3.63) is 0 Å². The molecule has 3 unspecified atom stereocenters. The van der Waals surface area contributed by atoms with Crippen LogP contribution in [0.4, 0.5) is 0 Å². The van der Waals surface area contributed by atoms with Crippen LogP contribution in [0, 0.1) is 11.8 Å². The molecule has 1 aliphatic heterocycles. The molecule has 0 spiro atoms. The molecule has 106 valence electrons. The molecule has 2 aliphatic rings. The van der Waals surface area contributed by atoms with Crippen LogP contribution in [0.3, 0.4) is 0 Å². The predicted molar refractivity (Wildman–Crippen MR) is 75.6 cm³/mol. The van der Waals surface area contributed by atoms with Gasteiger partial charge in [0.25, 0.3) is 0 Å². The average molecular weight is 254 g/mol. The van der Waals surface area contributed by atoms with E-state index in [9.17, 15) is 0 Å². The van der Waals surface area contributed by atoms with Crippen LogP contribution in [0.25, 0.3) is 0 Å². The maximum atomic E-state index is 6.16. The lowest BCUT2D eigenvalue weighted by molar-refractivity contribution is 0.0230. The first-order chi connectivity index (χ1) is 8.74. The minimum Gasteiger partial charge on any atom is -0.384 e. The Balaban J connectivity index is 1.99. The normalized spacial score (nSPS) is 38.2. The lowest BCUT2D eigenvalue weighted by atomic mass is 9.88. The molecule has 2 N–H and O–H groups in total. The lowest BCUT2D eigenvalue weighted by Gasteiger charge is -2.45. The number of hydrogen-bond donors (Lipinski definition) is 1. The summed E-state index contributed by atoms with van der Waals surface area (Å²) in [6.45, 7) is 6.51. The number of methoxy groups -OCH3 is 1. The largest absolute Gasteiger partial charge is 0.384 e. The molecule has 0 bridgehead atoms. The van der Waals surface area contributed by atoms with Gasteiger partial charge in [-0.3, -0.25) is 4.90 Å². The number of piperidine rings is 1. The lowest BCUT2D eigenvalue weighted by Crippen LogP contribution is -2.56. The van der Waals surface area contributed by atoms with Crippen LogP contribution in [-0.4, -0.2) is 43.8 Å². The van der Waals surface area contributed by atoms with Gasteiger partial charge in [0.2, 0.25) is 0 Å². The van der Waals surface area contributed by atoms with E-state index < -0.39 is 0 Å². The summed E-state index contributed by atoms with van der Waals surface area (Å²) < 4.78 is 5.34. The SMILES string of the molecule is CCC1CCC(CN)(N2CCCC(COC)C2)C1. The number of likely N-dealkylation sites (tertiary alicyclic amines) is 1. The van der Waals surface area contributed by atoms with E-state index in [1.165, 1.54) is 51.6 Å². The molecule has 1 heterocycles. The Hall–Kier alpha value is -0.120. The Bertz CT molecular complexity index is 257. The molecule has 2 rings (SSSR count). The molecule has 1 saturated heterocycles. The third-order valence-corrected chi connectivity index (χ3v) is 5.24. The Kier molecular flexibility index (Phi) is 5.05. The van der Waals surface area contributed by atoms with Crippen molar-refractivity contribution in [3.8, 4) is 0 Å². The molecule has 0 aromatic carbocycles. The molecule has 3 nitrogen and oxygen atoms in total. The highest BCUT2D eigenvalue weighted by Crippen LogP contribution is 2.41. The molecule has 3 heteroatoms. The maximum Gasteiger partial charge on any atom is 0.0502 e. The van der Waals surface area contributed by atoms with E-state index in [1.807, 2.05) is 7.11 Å². The molecule has 18 heavy (non-hydrogen) atoms. The van der Waals surface area contributed by atoms with Crippen molar-refractivity contribution in [1.82, 2.24) is 4.90 Å². The number of nitrogens with zero attached hydrogens (tertiary/aromatic N) is 1. The highest BCUT2D eigenvalue weighted by atomic mass is 16.5. The fourth-order valence-corrected chi connectivity index (χ4v) is 4.03. The quantitative estimate of drug-likeness (QED) is 0.818. The van der Waals surface area contributed by atoms with Crippen molar-refractivity contribution in [2.45, 2.75) is 51.0 Å². The summed E-state index contributed by atoms with van der Waals surface area (Å²) >= 11 is 0. The van der Waals surface area contributed by atoms with Gasteiger partial charge in [-0.25, -0.2) is 0 Å². The van der Waals surface area contributed by atoms with E-state index in [2.05, 4.69) is 11.8 Å². The van der Waals surface area contributed by atoms with E-state index in [1.54, 1.807) is 0 Å². The Morgan fingerprint density at radius 3 is 2.78 bits per heavy atom. The summed E-state index contributed by atoms with van der Waals surface area (Å²) in [4.78, 5) is 2.70. The van der Waals surface area contributed by atoms with Crippen molar-refractivity contribution in [2.24, 2.45) is 17.6 Å². The van der Waals surface area contributed by atoms with Gasteiger partial charge in [-0.1, -0.05) is 13.3 Å². The second-order valence-corrected chi connectivity index (χ2v) is 6.36. The highest BCUT2D eigenvalue weighted by Gasteiger charge is 2.43. The smallest absolute Gasteiger partial charge is 0.0502 e. The van der Waals surface area contributed by atoms with Crippen LogP contribution < -0.4 is 5.73 Å². The number of nitrogens with two attached hydrogens (primary N) is 1. The van der Waals surface area contributed by atoms with Crippen molar-refractivity contribution >= 4 is 0 Å². The van der Waals surface area contributed by atoms with Crippen molar-refractivity contribution in [1.29, 1.82) is 0 Å². The van der Waals surface area contributed by atoms with Gasteiger partial charge in [0.15, 0.2) is 0 Å². The number of hydrogen-bond acceptors (Lipinski definition) is 3. The Labute approximate surface area is 112 Å². The first kappa shape index (κ1) is 14.3. The third kappa shape index (κ3) is 2.89. The molecule has 1 aliphatic carbocycles. The van der Waals surface area contributed by atoms with Crippen molar-refractivity contribution in [2.75, 3.05) is 33.4 Å². The van der Waals surface area contributed by atoms with Gasteiger partial charge < -0.3 is 10.5 Å². The van der Waals surface area contributed by atoms with Crippen molar-refractivity contribution in [3.63, 3.8) is 0 Å². The second kappa shape index (κ2) is 6.36. The highest BCUT2D eigenvalue weighted by molar-refractivity contribution is 5.00. The Morgan fingerprint density at radius 1 is 1.33 bits per heavy atom. The van der Waals surface area contributed by atoms with Gasteiger partial charge in [-0.15, -0.1) is 0 Å². The molecular formula is C15H30N2O. The minimum atomic E-state index is 0.313. The first-order valence-corrected chi connectivity index (χ1v) is 7.68. The minimum absolute atomic E-state index is 0.313. The van der Waals surface area contributed by atoms with Crippen LogP contribution in [-0.2, 0) is 4.74 Å². The first-order valence-electron chi connectivity index (χ1n) is 7.68. The summed E-state index contributed by atoms with van der Waals surface area (Å²) in [6, 6.07) is 0. The van der Waals surface area contributed by atoms with Gasteiger partial charge in [0.05, 0.1) is 6.61 Å². The maximum absolute atomic E-state index is 6.16. The average Bonchev–Trinajstić information content (AvgIpc) is 2.84. The monoisotopic (exact) mass is 254 g/mol. The topological polar surface area (TPSA) is 38.5 Å². The zero-order chi connectivity index (χ0) is 13.0. The van der Waals surface area contributed by atoms with Gasteiger partial charge in [-0.2, -0.15) is 0 Å². The van der Waals surface area contributed by atoms with Gasteiger partial charge >= 0.3 is 0 Å². The molecule has 0 aromatic rings. The zero-order valence-corrected chi connectivity index (χ0v) is 12.2. The molecule has 3 atom stereocenters. The van der Waals surface area contributed by atoms with Crippen LogP contribution in [0.2, 0.25) is 0 Å². The second-order valence-electron chi connectivity index (χ2n) is 6.36. The fourth-order valence-electron chi connectivity index (χ4n) is 4.03. The van der Waals surface area contributed by atoms with E-state index in [0.29, 0.717) is 11.5 Å².